The van der Waals surface area contributed by atoms with Gasteiger partial charge in [-0.3, -0.25) is 4.79 Å². The van der Waals surface area contributed by atoms with E-state index in [1.54, 1.807) is 19.1 Å². The molecule has 5 heteroatoms. The number of hydrogen-bond acceptors (Lipinski definition) is 3. The van der Waals surface area contributed by atoms with Crippen LogP contribution in [0.5, 0.6) is 0 Å². The zero-order chi connectivity index (χ0) is 14.7. The standard InChI is InChI=1S/C15H16ClNO3/c1-9-7-13(17-20-9)5-3-12-8-11(4-6-14(12)16)10(2)15(18)19/h4,6-8,10H,3,5H2,1-2H3,(H,18,19). The van der Waals surface area contributed by atoms with E-state index in [4.69, 9.17) is 21.2 Å². The first-order chi connectivity index (χ1) is 9.47. The molecule has 0 spiro atoms. The molecule has 1 atom stereocenters. The van der Waals surface area contributed by atoms with E-state index in [1.807, 2.05) is 19.1 Å². The summed E-state index contributed by atoms with van der Waals surface area (Å²) in [6.45, 7) is 3.51. The topological polar surface area (TPSA) is 63.3 Å². The van der Waals surface area contributed by atoms with Crippen LogP contribution in [0.15, 0.2) is 28.8 Å². The van der Waals surface area contributed by atoms with Crippen molar-refractivity contribution in [2.75, 3.05) is 0 Å². The molecule has 20 heavy (non-hydrogen) atoms. The van der Waals surface area contributed by atoms with Crippen molar-refractivity contribution in [3.63, 3.8) is 0 Å². The number of benzene rings is 1. The Kier molecular flexibility index (Phi) is 4.45. The van der Waals surface area contributed by atoms with Crippen LogP contribution < -0.4 is 0 Å². The molecule has 0 aliphatic carbocycles. The van der Waals surface area contributed by atoms with Crippen molar-refractivity contribution < 1.29 is 14.4 Å². The maximum atomic E-state index is 11.0. The van der Waals surface area contributed by atoms with E-state index in [2.05, 4.69) is 5.16 Å². The van der Waals surface area contributed by atoms with Crippen molar-refractivity contribution in [1.82, 2.24) is 5.16 Å². The number of aryl methyl sites for hydroxylation is 3. The van der Waals surface area contributed by atoms with Crippen molar-refractivity contribution >= 4 is 17.6 Å². The quantitative estimate of drug-likeness (QED) is 0.914. The number of aromatic nitrogens is 1. The van der Waals surface area contributed by atoms with Gasteiger partial charge in [0.25, 0.3) is 0 Å². The summed E-state index contributed by atoms with van der Waals surface area (Å²) in [6.07, 6.45) is 1.41. The molecule has 0 amide bonds. The minimum Gasteiger partial charge on any atom is -0.481 e. The molecule has 0 aliphatic heterocycles. The largest absolute Gasteiger partial charge is 0.481 e. The predicted octanol–water partition coefficient (Wildman–Crippen LogP) is 3.61. The average molecular weight is 294 g/mol. The summed E-state index contributed by atoms with van der Waals surface area (Å²) in [4.78, 5) is 11.0. The van der Waals surface area contributed by atoms with Gasteiger partial charge >= 0.3 is 5.97 Å². The number of carboxylic acids is 1. The van der Waals surface area contributed by atoms with Gasteiger partial charge in [0.2, 0.25) is 0 Å². The Balaban J connectivity index is 2.14. The van der Waals surface area contributed by atoms with Crippen molar-refractivity contribution in [2.24, 2.45) is 0 Å². The lowest BCUT2D eigenvalue weighted by Gasteiger charge is -2.10. The van der Waals surface area contributed by atoms with Crippen molar-refractivity contribution in [1.29, 1.82) is 0 Å². The summed E-state index contributed by atoms with van der Waals surface area (Å²) in [7, 11) is 0. The highest BCUT2D eigenvalue weighted by Gasteiger charge is 2.15. The lowest BCUT2D eigenvalue weighted by molar-refractivity contribution is -0.138. The molecule has 1 aromatic carbocycles. The first kappa shape index (κ1) is 14.6. The second-order valence-electron chi connectivity index (χ2n) is 4.84. The summed E-state index contributed by atoms with van der Waals surface area (Å²) >= 11 is 6.16. The predicted molar refractivity (Wildman–Crippen MR) is 76.2 cm³/mol. The molecule has 2 rings (SSSR count). The van der Waals surface area contributed by atoms with Crippen LogP contribution in [-0.2, 0) is 17.6 Å². The van der Waals surface area contributed by atoms with Crippen LogP contribution in [0.25, 0.3) is 0 Å². The van der Waals surface area contributed by atoms with Gasteiger partial charge in [0, 0.05) is 11.1 Å². The SMILES string of the molecule is Cc1cc(CCc2cc(C(C)C(=O)O)ccc2Cl)no1. The minimum atomic E-state index is -0.842. The number of aliphatic carboxylic acids is 1. The Bertz CT molecular complexity index is 621. The van der Waals surface area contributed by atoms with Crippen LogP contribution in [-0.4, -0.2) is 16.2 Å². The Morgan fingerprint density at radius 2 is 2.15 bits per heavy atom. The fourth-order valence-corrected chi connectivity index (χ4v) is 2.21. The first-order valence-corrected chi connectivity index (χ1v) is 6.78. The van der Waals surface area contributed by atoms with Gasteiger partial charge in [-0.05, 0) is 43.9 Å². The van der Waals surface area contributed by atoms with Crippen molar-refractivity contribution in [2.45, 2.75) is 32.6 Å². The van der Waals surface area contributed by atoms with Crippen LogP contribution in [0.1, 0.15) is 35.4 Å². The molecule has 2 aromatic rings. The molecular formula is C15H16ClNO3. The molecule has 1 heterocycles. The van der Waals surface area contributed by atoms with Gasteiger partial charge < -0.3 is 9.63 Å². The highest BCUT2D eigenvalue weighted by atomic mass is 35.5. The lowest BCUT2D eigenvalue weighted by atomic mass is 9.97. The average Bonchev–Trinajstić information content (AvgIpc) is 2.82. The monoisotopic (exact) mass is 293 g/mol. The minimum absolute atomic E-state index is 0.541. The third-order valence-corrected chi connectivity index (χ3v) is 3.64. The number of carbonyl (C=O) groups is 1. The Morgan fingerprint density at radius 1 is 1.40 bits per heavy atom. The Hall–Kier alpha value is -1.81. The zero-order valence-corrected chi connectivity index (χ0v) is 12.1. The van der Waals surface area contributed by atoms with E-state index in [-0.39, 0.29) is 0 Å². The van der Waals surface area contributed by atoms with E-state index in [0.29, 0.717) is 17.9 Å². The van der Waals surface area contributed by atoms with Crippen LogP contribution in [0.3, 0.4) is 0 Å². The number of rotatable bonds is 5. The fourth-order valence-electron chi connectivity index (χ4n) is 2.00. The maximum absolute atomic E-state index is 11.0. The number of carboxylic acid groups (broad SMARTS) is 1. The maximum Gasteiger partial charge on any atom is 0.310 e. The molecule has 0 radical (unpaired) electrons. The first-order valence-electron chi connectivity index (χ1n) is 6.40. The number of halogens is 1. The summed E-state index contributed by atoms with van der Waals surface area (Å²) < 4.78 is 5.02. The number of nitrogens with zero attached hydrogens (tertiary/aromatic N) is 1. The normalized spacial score (nSPS) is 12.3. The lowest BCUT2D eigenvalue weighted by Crippen LogP contribution is -2.08. The molecule has 0 saturated carbocycles. The second-order valence-corrected chi connectivity index (χ2v) is 5.25. The summed E-state index contributed by atoms with van der Waals surface area (Å²) in [5.74, 6) is -0.606. The third-order valence-electron chi connectivity index (χ3n) is 3.27. The second kappa shape index (κ2) is 6.09. The molecule has 0 aliphatic rings. The third kappa shape index (κ3) is 3.39. The van der Waals surface area contributed by atoms with E-state index < -0.39 is 11.9 Å². The highest BCUT2D eigenvalue weighted by Crippen LogP contribution is 2.24. The zero-order valence-electron chi connectivity index (χ0n) is 11.4. The van der Waals surface area contributed by atoms with Crippen LogP contribution in [0.2, 0.25) is 5.02 Å². The van der Waals surface area contributed by atoms with Crippen LogP contribution in [0, 0.1) is 6.92 Å². The van der Waals surface area contributed by atoms with Crippen molar-refractivity contribution in [3.05, 3.63) is 51.9 Å². The van der Waals surface area contributed by atoms with Gasteiger partial charge in [-0.1, -0.05) is 28.9 Å². The van der Waals surface area contributed by atoms with Gasteiger partial charge in [-0.15, -0.1) is 0 Å². The van der Waals surface area contributed by atoms with Gasteiger partial charge in [0.15, 0.2) is 0 Å². The highest BCUT2D eigenvalue weighted by molar-refractivity contribution is 6.31. The fraction of sp³-hybridized carbons (Fsp3) is 0.333. The summed E-state index contributed by atoms with van der Waals surface area (Å²) in [5.41, 5.74) is 2.56. The molecule has 0 fully saturated rings. The molecule has 4 nitrogen and oxygen atoms in total. The smallest absolute Gasteiger partial charge is 0.310 e. The number of hydrogen-bond donors (Lipinski definition) is 1. The molecule has 0 saturated heterocycles. The Labute approximate surface area is 122 Å². The molecular weight excluding hydrogens is 278 g/mol. The van der Waals surface area contributed by atoms with E-state index in [9.17, 15) is 4.79 Å². The molecule has 1 unspecified atom stereocenters. The molecule has 1 aromatic heterocycles. The molecule has 0 bridgehead atoms. The van der Waals surface area contributed by atoms with Gasteiger partial charge in [-0.2, -0.15) is 0 Å². The van der Waals surface area contributed by atoms with Gasteiger partial charge in [-0.25, -0.2) is 0 Å². The van der Waals surface area contributed by atoms with Crippen LogP contribution >= 0.6 is 11.6 Å². The van der Waals surface area contributed by atoms with E-state index in [1.165, 1.54) is 0 Å². The summed E-state index contributed by atoms with van der Waals surface area (Å²) in [5, 5.41) is 13.6. The Morgan fingerprint density at radius 3 is 2.75 bits per heavy atom. The van der Waals surface area contributed by atoms with E-state index >= 15 is 0 Å². The van der Waals surface area contributed by atoms with Gasteiger partial charge in [0.1, 0.15) is 5.76 Å². The van der Waals surface area contributed by atoms with Gasteiger partial charge in [0.05, 0.1) is 11.6 Å². The van der Waals surface area contributed by atoms with Crippen LogP contribution in [0.4, 0.5) is 0 Å². The molecule has 106 valence electrons. The summed E-state index contributed by atoms with van der Waals surface area (Å²) in [6, 6.07) is 7.25. The van der Waals surface area contributed by atoms with Crippen molar-refractivity contribution in [3.8, 4) is 0 Å². The van der Waals surface area contributed by atoms with E-state index in [0.717, 1.165) is 22.6 Å². The molecule has 1 N–H and O–H groups in total.